The number of hydrogen-bond acceptors (Lipinski definition) is 3. The van der Waals surface area contributed by atoms with Crippen LogP contribution in [0.1, 0.15) is 36.7 Å². The highest BCUT2D eigenvalue weighted by Gasteiger charge is 2.19. The first-order valence-electron chi connectivity index (χ1n) is 7.85. The van der Waals surface area contributed by atoms with Gasteiger partial charge in [0.25, 0.3) is 5.91 Å². The van der Waals surface area contributed by atoms with Crippen LogP contribution < -0.4 is 14.8 Å². The fourth-order valence-corrected chi connectivity index (χ4v) is 2.49. The van der Waals surface area contributed by atoms with E-state index in [1.54, 1.807) is 24.3 Å². The number of carbonyl (C=O) groups is 1. The van der Waals surface area contributed by atoms with Gasteiger partial charge in [-0.25, -0.2) is 4.39 Å². The first-order chi connectivity index (χ1) is 11.3. The molecule has 1 aliphatic rings. The molecule has 0 bridgehead atoms. The van der Waals surface area contributed by atoms with E-state index in [1.807, 2.05) is 20.8 Å². The summed E-state index contributed by atoms with van der Waals surface area (Å²) >= 11 is 0. The summed E-state index contributed by atoms with van der Waals surface area (Å²) in [7, 11) is 0. The number of nitrogens with one attached hydrogen (secondary N) is 1. The van der Waals surface area contributed by atoms with Crippen molar-refractivity contribution in [3.63, 3.8) is 0 Å². The predicted octanol–water partition coefficient (Wildman–Crippen LogP) is 4.15. The van der Waals surface area contributed by atoms with Crippen molar-refractivity contribution < 1.29 is 18.7 Å². The molecule has 0 fully saturated rings. The molecule has 0 radical (unpaired) electrons. The third kappa shape index (κ3) is 3.35. The Bertz CT molecular complexity index is 781. The van der Waals surface area contributed by atoms with Gasteiger partial charge in [-0.3, -0.25) is 4.79 Å². The molecular formula is C19H20FNO3. The third-order valence-corrected chi connectivity index (χ3v) is 3.88. The van der Waals surface area contributed by atoms with E-state index in [2.05, 4.69) is 5.32 Å². The molecule has 5 heteroatoms. The fourth-order valence-electron chi connectivity index (χ4n) is 2.49. The highest BCUT2D eigenvalue weighted by molar-refractivity contribution is 6.04. The molecule has 0 saturated carbocycles. The fraction of sp³-hybridized carbons (Fsp3) is 0.316. The van der Waals surface area contributed by atoms with Gasteiger partial charge in [-0.1, -0.05) is 26.8 Å². The van der Waals surface area contributed by atoms with E-state index in [4.69, 9.17) is 9.47 Å². The number of carbonyl (C=O) groups excluding carboxylic acids is 1. The monoisotopic (exact) mass is 329 g/mol. The van der Waals surface area contributed by atoms with Crippen LogP contribution in [0.3, 0.4) is 0 Å². The first-order valence-corrected chi connectivity index (χ1v) is 7.85. The van der Waals surface area contributed by atoms with Crippen LogP contribution in [-0.4, -0.2) is 19.1 Å². The Hall–Kier alpha value is -2.56. The zero-order valence-electron chi connectivity index (χ0n) is 14.0. The Morgan fingerprint density at radius 3 is 2.42 bits per heavy atom. The van der Waals surface area contributed by atoms with Crippen LogP contribution in [0.15, 0.2) is 36.4 Å². The molecule has 0 aromatic heterocycles. The summed E-state index contributed by atoms with van der Waals surface area (Å²) in [6, 6.07) is 9.81. The number of rotatable bonds is 2. The van der Waals surface area contributed by atoms with Gasteiger partial charge in [-0.05, 0) is 35.2 Å². The molecule has 0 aliphatic carbocycles. The van der Waals surface area contributed by atoms with Gasteiger partial charge >= 0.3 is 0 Å². The largest absolute Gasteiger partial charge is 0.486 e. The molecule has 1 N–H and O–H groups in total. The molecule has 0 saturated heterocycles. The maximum absolute atomic E-state index is 14.3. The molecule has 2 aromatic carbocycles. The summed E-state index contributed by atoms with van der Waals surface area (Å²) in [5, 5.41) is 2.69. The van der Waals surface area contributed by atoms with Gasteiger partial charge in [0.1, 0.15) is 19.0 Å². The van der Waals surface area contributed by atoms with Crippen LogP contribution in [0.4, 0.5) is 10.1 Å². The summed E-state index contributed by atoms with van der Waals surface area (Å²) in [4.78, 5) is 12.3. The van der Waals surface area contributed by atoms with E-state index in [0.717, 1.165) is 5.56 Å². The smallest absolute Gasteiger partial charge is 0.258 e. The number of fused-ring (bicyclic) bond motifs is 1. The lowest BCUT2D eigenvalue weighted by atomic mass is 9.86. The van der Waals surface area contributed by atoms with E-state index in [9.17, 15) is 9.18 Å². The molecule has 0 atom stereocenters. The number of amides is 1. The third-order valence-electron chi connectivity index (χ3n) is 3.88. The summed E-state index contributed by atoms with van der Waals surface area (Å²) in [6.45, 7) is 6.96. The topological polar surface area (TPSA) is 47.6 Å². The molecule has 2 aromatic rings. The van der Waals surface area contributed by atoms with Gasteiger partial charge in [0.2, 0.25) is 0 Å². The molecule has 0 spiro atoms. The Balaban J connectivity index is 1.80. The number of ether oxygens (including phenoxy) is 2. The zero-order chi connectivity index (χ0) is 17.3. The molecule has 0 unspecified atom stereocenters. The Kier molecular flexibility index (Phi) is 4.18. The van der Waals surface area contributed by atoms with Gasteiger partial charge in [0.15, 0.2) is 11.5 Å². The summed E-state index contributed by atoms with van der Waals surface area (Å²) in [5.41, 5.74) is 1.21. The van der Waals surface area contributed by atoms with Crippen LogP contribution in [0.25, 0.3) is 0 Å². The van der Waals surface area contributed by atoms with Gasteiger partial charge < -0.3 is 14.8 Å². The van der Waals surface area contributed by atoms with Crippen molar-refractivity contribution >= 4 is 11.6 Å². The second-order valence-electron chi connectivity index (χ2n) is 6.76. The highest BCUT2D eigenvalue weighted by Crippen LogP contribution is 2.33. The zero-order valence-corrected chi connectivity index (χ0v) is 14.0. The standard InChI is InChI=1S/C19H20FNO3/c1-19(2,3)12-4-6-14(15(20)10-12)18(22)21-13-5-7-16-17(11-13)24-9-8-23-16/h4-7,10-11H,8-9H2,1-3H3,(H,21,22). The van der Waals surface area contributed by atoms with Crippen molar-refractivity contribution in [2.75, 3.05) is 18.5 Å². The van der Waals surface area contributed by atoms with Crippen LogP contribution in [-0.2, 0) is 5.41 Å². The minimum atomic E-state index is -0.530. The van der Waals surface area contributed by atoms with E-state index < -0.39 is 11.7 Å². The lowest BCUT2D eigenvalue weighted by molar-refractivity contribution is 0.102. The molecule has 1 amide bonds. The van der Waals surface area contributed by atoms with Crippen molar-refractivity contribution in [2.24, 2.45) is 0 Å². The Morgan fingerprint density at radius 2 is 1.75 bits per heavy atom. The average molecular weight is 329 g/mol. The molecule has 1 heterocycles. The van der Waals surface area contributed by atoms with Crippen LogP contribution in [0, 0.1) is 5.82 Å². The number of hydrogen-bond donors (Lipinski definition) is 1. The van der Waals surface area contributed by atoms with E-state index in [1.165, 1.54) is 12.1 Å². The minimum absolute atomic E-state index is 0.0119. The quantitative estimate of drug-likeness (QED) is 0.900. The number of anilines is 1. The highest BCUT2D eigenvalue weighted by atomic mass is 19.1. The summed E-state index contributed by atoms with van der Waals surface area (Å²) in [5.74, 6) is 0.185. The van der Waals surface area contributed by atoms with Gasteiger partial charge in [-0.15, -0.1) is 0 Å². The van der Waals surface area contributed by atoms with Crippen molar-refractivity contribution in [1.82, 2.24) is 0 Å². The average Bonchev–Trinajstić information content (AvgIpc) is 2.53. The first kappa shape index (κ1) is 16.3. The summed E-state index contributed by atoms with van der Waals surface area (Å²) in [6.07, 6.45) is 0. The van der Waals surface area contributed by atoms with Crippen molar-refractivity contribution in [3.05, 3.63) is 53.3 Å². The molecule has 24 heavy (non-hydrogen) atoms. The minimum Gasteiger partial charge on any atom is -0.486 e. The van der Waals surface area contributed by atoms with Gasteiger partial charge in [-0.2, -0.15) is 0 Å². The van der Waals surface area contributed by atoms with E-state index >= 15 is 0 Å². The second-order valence-corrected chi connectivity index (χ2v) is 6.76. The molecule has 126 valence electrons. The van der Waals surface area contributed by atoms with E-state index in [-0.39, 0.29) is 11.0 Å². The Morgan fingerprint density at radius 1 is 1.04 bits per heavy atom. The van der Waals surface area contributed by atoms with Crippen molar-refractivity contribution in [2.45, 2.75) is 26.2 Å². The molecule has 4 nitrogen and oxygen atoms in total. The molecule has 3 rings (SSSR count). The number of benzene rings is 2. The molecular weight excluding hydrogens is 309 g/mol. The summed E-state index contributed by atoms with van der Waals surface area (Å²) < 4.78 is 25.2. The maximum Gasteiger partial charge on any atom is 0.258 e. The second kappa shape index (κ2) is 6.15. The van der Waals surface area contributed by atoms with Crippen molar-refractivity contribution in [3.8, 4) is 11.5 Å². The predicted molar refractivity (Wildman–Crippen MR) is 90.5 cm³/mol. The maximum atomic E-state index is 14.3. The lowest BCUT2D eigenvalue weighted by Crippen LogP contribution is -2.18. The number of halogens is 1. The SMILES string of the molecule is CC(C)(C)c1ccc(C(=O)Nc2ccc3c(c2)OCCO3)c(F)c1. The van der Waals surface area contributed by atoms with Crippen molar-refractivity contribution in [1.29, 1.82) is 0 Å². The molecule has 1 aliphatic heterocycles. The van der Waals surface area contributed by atoms with Gasteiger partial charge in [0, 0.05) is 11.8 Å². The van der Waals surface area contributed by atoms with Crippen LogP contribution in [0.5, 0.6) is 11.5 Å². The van der Waals surface area contributed by atoms with Crippen LogP contribution >= 0.6 is 0 Å². The van der Waals surface area contributed by atoms with Crippen LogP contribution in [0.2, 0.25) is 0 Å². The normalized spacial score (nSPS) is 13.5. The Labute approximate surface area is 140 Å². The van der Waals surface area contributed by atoms with E-state index in [0.29, 0.717) is 30.4 Å². The van der Waals surface area contributed by atoms with Gasteiger partial charge in [0.05, 0.1) is 5.56 Å². The lowest BCUT2D eigenvalue weighted by Gasteiger charge is -2.20.